The molecule has 0 spiro atoms. The maximum Gasteiger partial charge on any atom is 0.0599 e. The van der Waals surface area contributed by atoms with Gasteiger partial charge in [-0.05, 0) is 31.1 Å². The molecule has 0 bridgehead atoms. The molecule has 0 aromatic carbocycles. The lowest BCUT2D eigenvalue weighted by molar-refractivity contribution is 0.00786. The zero-order valence-electron chi connectivity index (χ0n) is 11.8. The van der Waals surface area contributed by atoms with Gasteiger partial charge in [0.25, 0.3) is 0 Å². The van der Waals surface area contributed by atoms with Crippen molar-refractivity contribution in [2.45, 2.75) is 46.6 Å². The first-order valence-corrected chi connectivity index (χ1v) is 7.99. The molecule has 1 unspecified atom stereocenters. The van der Waals surface area contributed by atoms with E-state index in [-0.39, 0.29) is 0 Å². The summed E-state index contributed by atoms with van der Waals surface area (Å²) in [5.41, 5.74) is 0.389. The molecular formula is C14H28BrNO. The van der Waals surface area contributed by atoms with Crippen molar-refractivity contribution in [1.29, 1.82) is 0 Å². The summed E-state index contributed by atoms with van der Waals surface area (Å²) in [4.78, 5) is 2.60. The van der Waals surface area contributed by atoms with Gasteiger partial charge >= 0.3 is 0 Å². The molecule has 1 fully saturated rings. The van der Waals surface area contributed by atoms with Crippen LogP contribution in [-0.2, 0) is 4.74 Å². The lowest BCUT2D eigenvalue weighted by atomic mass is 9.81. The monoisotopic (exact) mass is 305 g/mol. The van der Waals surface area contributed by atoms with Crippen molar-refractivity contribution in [3.63, 3.8) is 0 Å². The van der Waals surface area contributed by atoms with Crippen LogP contribution < -0.4 is 0 Å². The highest BCUT2D eigenvalue weighted by atomic mass is 79.9. The first-order chi connectivity index (χ1) is 7.97. The SMILES string of the molecule is CCOC1CCN(CC(CBr)C(C)(C)C)CC1. The van der Waals surface area contributed by atoms with Crippen LogP contribution in [-0.4, -0.2) is 42.6 Å². The fourth-order valence-electron chi connectivity index (χ4n) is 2.36. The van der Waals surface area contributed by atoms with Crippen LogP contribution in [0.3, 0.4) is 0 Å². The van der Waals surface area contributed by atoms with Gasteiger partial charge in [-0.25, -0.2) is 0 Å². The Hall–Kier alpha value is 0.400. The van der Waals surface area contributed by atoms with Crippen LogP contribution in [0.15, 0.2) is 0 Å². The molecule has 17 heavy (non-hydrogen) atoms. The third-order valence-electron chi connectivity index (χ3n) is 3.83. The van der Waals surface area contributed by atoms with Gasteiger partial charge in [0.05, 0.1) is 6.10 Å². The normalized spacial score (nSPS) is 21.7. The molecule has 1 saturated heterocycles. The van der Waals surface area contributed by atoms with Gasteiger partial charge in [0, 0.05) is 31.6 Å². The molecule has 1 aliphatic rings. The van der Waals surface area contributed by atoms with E-state index in [0.29, 0.717) is 11.5 Å². The molecule has 102 valence electrons. The Labute approximate surface area is 115 Å². The molecule has 3 heteroatoms. The molecule has 0 aromatic rings. The van der Waals surface area contributed by atoms with Crippen LogP contribution in [0.4, 0.5) is 0 Å². The van der Waals surface area contributed by atoms with Gasteiger partial charge in [0.15, 0.2) is 0 Å². The van der Waals surface area contributed by atoms with E-state index in [2.05, 4.69) is 48.5 Å². The van der Waals surface area contributed by atoms with E-state index in [1.165, 1.54) is 32.5 Å². The Kier molecular flexibility index (Phi) is 6.46. The minimum atomic E-state index is 0.389. The van der Waals surface area contributed by atoms with Gasteiger partial charge < -0.3 is 9.64 Å². The Bertz CT molecular complexity index is 207. The largest absolute Gasteiger partial charge is 0.378 e. The van der Waals surface area contributed by atoms with Crippen LogP contribution in [0, 0.1) is 11.3 Å². The molecule has 1 aliphatic heterocycles. The topological polar surface area (TPSA) is 12.5 Å². The lowest BCUT2D eigenvalue weighted by Gasteiger charge is -2.37. The quantitative estimate of drug-likeness (QED) is 0.720. The van der Waals surface area contributed by atoms with Crippen molar-refractivity contribution in [2.24, 2.45) is 11.3 Å². The van der Waals surface area contributed by atoms with E-state index >= 15 is 0 Å². The maximum absolute atomic E-state index is 5.69. The van der Waals surface area contributed by atoms with E-state index in [0.717, 1.165) is 17.9 Å². The number of nitrogens with zero attached hydrogens (tertiary/aromatic N) is 1. The van der Waals surface area contributed by atoms with Crippen molar-refractivity contribution < 1.29 is 4.74 Å². The second-order valence-corrected chi connectivity index (χ2v) is 6.82. The predicted octanol–water partition coefficient (Wildman–Crippen LogP) is 3.54. The molecule has 0 saturated carbocycles. The summed E-state index contributed by atoms with van der Waals surface area (Å²) in [7, 11) is 0. The second-order valence-electron chi connectivity index (χ2n) is 6.17. The zero-order chi connectivity index (χ0) is 12.9. The van der Waals surface area contributed by atoms with Gasteiger partial charge in [-0.1, -0.05) is 36.7 Å². The fourth-order valence-corrected chi connectivity index (χ4v) is 3.54. The van der Waals surface area contributed by atoms with Crippen LogP contribution in [0.25, 0.3) is 0 Å². The Morgan fingerprint density at radius 2 is 1.88 bits per heavy atom. The Morgan fingerprint density at radius 3 is 2.29 bits per heavy atom. The number of piperidine rings is 1. The van der Waals surface area contributed by atoms with Gasteiger partial charge in [0.2, 0.25) is 0 Å². The highest BCUT2D eigenvalue weighted by Crippen LogP contribution is 2.29. The van der Waals surface area contributed by atoms with Crippen molar-refractivity contribution in [3.8, 4) is 0 Å². The molecule has 1 heterocycles. The molecule has 0 N–H and O–H groups in total. The molecular weight excluding hydrogens is 278 g/mol. The number of rotatable bonds is 5. The molecule has 0 radical (unpaired) electrons. The summed E-state index contributed by atoms with van der Waals surface area (Å²) in [6.07, 6.45) is 2.91. The summed E-state index contributed by atoms with van der Waals surface area (Å²) in [5, 5.41) is 1.10. The molecule has 0 aliphatic carbocycles. The van der Waals surface area contributed by atoms with Crippen LogP contribution >= 0.6 is 15.9 Å². The maximum atomic E-state index is 5.69. The zero-order valence-corrected chi connectivity index (χ0v) is 13.4. The lowest BCUT2D eigenvalue weighted by Crippen LogP contribution is -2.42. The third-order valence-corrected chi connectivity index (χ3v) is 4.61. The summed E-state index contributed by atoms with van der Waals surface area (Å²) < 4.78 is 5.69. The van der Waals surface area contributed by atoms with E-state index in [9.17, 15) is 0 Å². The van der Waals surface area contributed by atoms with Gasteiger partial charge in [-0.15, -0.1) is 0 Å². The smallest absolute Gasteiger partial charge is 0.0599 e. The Morgan fingerprint density at radius 1 is 1.29 bits per heavy atom. The first-order valence-electron chi connectivity index (χ1n) is 6.87. The molecule has 2 nitrogen and oxygen atoms in total. The summed E-state index contributed by atoms with van der Waals surface area (Å²) in [6, 6.07) is 0. The van der Waals surface area contributed by atoms with E-state index in [1.807, 2.05) is 0 Å². The first kappa shape index (κ1) is 15.5. The van der Waals surface area contributed by atoms with Gasteiger partial charge in [-0.2, -0.15) is 0 Å². The molecule has 1 rings (SSSR count). The van der Waals surface area contributed by atoms with Crippen molar-refractivity contribution in [1.82, 2.24) is 4.90 Å². The molecule has 0 aromatic heterocycles. The number of halogens is 1. The predicted molar refractivity (Wildman–Crippen MR) is 77.8 cm³/mol. The van der Waals surface area contributed by atoms with E-state index < -0.39 is 0 Å². The third kappa shape index (κ3) is 5.27. The molecule has 1 atom stereocenters. The van der Waals surface area contributed by atoms with Gasteiger partial charge in [-0.3, -0.25) is 0 Å². The van der Waals surface area contributed by atoms with Crippen LogP contribution in [0.5, 0.6) is 0 Å². The number of hydrogen-bond donors (Lipinski definition) is 0. The second kappa shape index (κ2) is 7.10. The summed E-state index contributed by atoms with van der Waals surface area (Å²) in [5.74, 6) is 0.728. The minimum absolute atomic E-state index is 0.389. The van der Waals surface area contributed by atoms with E-state index in [4.69, 9.17) is 4.74 Å². The standard InChI is InChI=1S/C14H28BrNO/c1-5-17-13-6-8-16(9-7-13)11-12(10-15)14(2,3)4/h12-13H,5-11H2,1-4H3. The number of ether oxygens (including phenoxy) is 1. The summed E-state index contributed by atoms with van der Waals surface area (Å²) in [6.45, 7) is 13.6. The van der Waals surface area contributed by atoms with Crippen molar-refractivity contribution in [3.05, 3.63) is 0 Å². The minimum Gasteiger partial charge on any atom is -0.378 e. The van der Waals surface area contributed by atoms with Gasteiger partial charge in [0.1, 0.15) is 0 Å². The van der Waals surface area contributed by atoms with Crippen molar-refractivity contribution in [2.75, 3.05) is 31.6 Å². The number of likely N-dealkylation sites (tertiary alicyclic amines) is 1. The number of alkyl halides is 1. The molecule has 0 amide bonds. The number of hydrogen-bond acceptors (Lipinski definition) is 2. The average molecular weight is 306 g/mol. The summed E-state index contributed by atoms with van der Waals surface area (Å²) >= 11 is 3.66. The Balaban J connectivity index is 2.34. The average Bonchev–Trinajstić information content (AvgIpc) is 2.27. The van der Waals surface area contributed by atoms with Crippen LogP contribution in [0.1, 0.15) is 40.5 Å². The highest BCUT2D eigenvalue weighted by Gasteiger charge is 2.27. The van der Waals surface area contributed by atoms with E-state index in [1.54, 1.807) is 0 Å². The highest BCUT2D eigenvalue weighted by molar-refractivity contribution is 9.09. The van der Waals surface area contributed by atoms with Crippen LogP contribution in [0.2, 0.25) is 0 Å². The fraction of sp³-hybridized carbons (Fsp3) is 1.00. The van der Waals surface area contributed by atoms with Crippen molar-refractivity contribution >= 4 is 15.9 Å².